The van der Waals surface area contributed by atoms with E-state index in [0.29, 0.717) is 0 Å². The van der Waals surface area contributed by atoms with Crippen molar-refractivity contribution in [3.8, 4) is 44.5 Å². The molecule has 6 nitrogen and oxygen atoms in total. The van der Waals surface area contributed by atoms with Crippen molar-refractivity contribution in [1.82, 2.24) is 19.9 Å². The number of aromatic amines is 2. The Morgan fingerprint density at radius 1 is 0.393 bits per heavy atom. The van der Waals surface area contributed by atoms with Gasteiger partial charge >= 0.3 is 37.3 Å². The molecule has 3 aromatic heterocycles. The first kappa shape index (κ1) is 38.3. The number of nitrogens with one attached hydrogen (secondary N) is 2. The van der Waals surface area contributed by atoms with E-state index in [9.17, 15) is 9.59 Å². The van der Waals surface area contributed by atoms with Crippen LogP contribution >= 0.6 is 0 Å². The molecule has 2 aliphatic rings. The van der Waals surface area contributed by atoms with Gasteiger partial charge in [-0.1, -0.05) is 121 Å². The normalized spacial score (nSPS) is 11.3. The Morgan fingerprint density at radius 3 is 0.821 bits per heavy atom. The maximum absolute atomic E-state index is 10.0. The van der Waals surface area contributed by atoms with Crippen LogP contribution in [0, 0.1) is 37.3 Å². The summed E-state index contributed by atoms with van der Waals surface area (Å²) in [7, 11) is 0. The second-order valence-corrected chi connectivity index (χ2v) is 13.5. The van der Waals surface area contributed by atoms with E-state index in [2.05, 4.69) is 156 Å². The number of H-pyrrole nitrogens is 2. The topological polar surface area (TPSA) is 91.5 Å². The first-order valence-corrected chi connectivity index (χ1v) is 18.3. The van der Waals surface area contributed by atoms with Gasteiger partial charge in [0.2, 0.25) is 0 Å². The molecular formula is C49H38ErN4O2+3. The molecule has 7 heteroatoms. The van der Waals surface area contributed by atoms with Gasteiger partial charge in [0.05, 0.1) is 29.2 Å². The van der Waals surface area contributed by atoms with E-state index in [4.69, 9.17) is 9.97 Å². The van der Waals surface area contributed by atoms with E-state index in [-0.39, 0.29) is 55.3 Å². The van der Waals surface area contributed by atoms with Crippen molar-refractivity contribution in [1.29, 1.82) is 0 Å². The Morgan fingerprint density at radius 2 is 0.625 bits per heavy atom. The first-order valence-electron chi connectivity index (χ1n) is 18.3. The van der Waals surface area contributed by atoms with Crippen LogP contribution in [0.2, 0.25) is 0 Å². The van der Waals surface area contributed by atoms with Crippen LogP contribution < -0.4 is 0 Å². The molecular weight excluding hydrogens is 844 g/mol. The number of hydrogen-bond acceptors (Lipinski definition) is 4. The molecule has 2 aliphatic heterocycles. The number of ketones is 2. The molecule has 0 unspecified atom stereocenters. The number of rotatable bonds is 6. The molecule has 5 heterocycles. The summed E-state index contributed by atoms with van der Waals surface area (Å²) in [4.78, 5) is 38.4. The summed E-state index contributed by atoms with van der Waals surface area (Å²) in [5.74, 6) is -0.125. The van der Waals surface area contributed by atoms with Crippen LogP contribution in [0.25, 0.3) is 90.9 Å². The molecule has 275 valence electrons. The van der Waals surface area contributed by atoms with Gasteiger partial charge in [-0.05, 0) is 84.7 Å². The second-order valence-electron chi connectivity index (χ2n) is 13.5. The standard InChI is InChI=1S/C44H30N4.C5H8O2.Er/c1-5-13-29(14-6-1)41-33-21-23-35(45-33)42(30-15-7-2-8-16-30)37-25-27-39(47-37)44(32-19-11-4-12-20-32)40-28-26-38(48-40)43(31-17-9-3-10-18-31)36-24-22-34(41)46-36;1-4(6)3-5(2)7;/h1-28,45,48H;3H2,1-2H3;/q;;+3. The van der Waals surface area contributed by atoms with Gasteiger partial charge in [0.1, 0.15) is 11.6 Å². The van der Waals surface area contributed by atoms with Crippen molar-refractivity contribution >= 4 is 57.9 Å². The quantitative estimate of drug-likeness (QED) is 0.163. The fourth-order valence-corrected chi connectivity index (χ4v) is 7.19. The van der Waals surface area contributed by atoms with Gasteiger partial charge in [0.15, 0.2) is 0 Å². The molecule has 8 bridgehead atoms. The molecule has 4 aromatic carbocycles. The summed E-state index contributed by atoms with van der Waals surface area (Å²) in [5.41, 5.74) is 16.2. The molecule has 0 atom stereocenters. The maximum atomic E-state index is 10.0. The summed E-state index contributed by atoms with van der Waals surface area (Å²) in [5, 5.41) is 0. The molecule has 9 rings (SSSR count). The van der Waals surface area contributed by atoms with Gasteiger partial charge < -0.3 is 9.97 Å². The van der Waals surface area contributed by atoms with Crippen LogP contribution in [0.15, 0.2) is 146 Å². The van der Waals surface area contributed by atoms with Crippen LogP contribution in [0.1, 0.15) is 43.0 Å². The molecule has 0 fully saturated rings. The van der Waals surface area contributed by atoms with Crippen molar-refractivity contribution in [3.05, 3.63) is 168 Å². The summed E-state index contributed by atoms with van der Waals surface area (Å²) >= 11 is 0. The summed E-state index contributed by atoms with van der Waals surface area (Å²) < 4.78 is 0. The van der Waals surface area contributed by atoms with Crippen LogP contribution in [-0.4, -0.2) is 31.5 Å². The monoisotopic (exact) mass is 880 g/mol. The Bertz CT molecular complexity index is 2410. The van der Waals surface area contributed by atoms with Crippen LogP contribution in [0.5, 0.6) is 0 Å². The maximum Gasteiger partial charge on any atom is 3.00 e. The zero-order valence-corrected chi connectivity index (χ0v) is 32.7. The number of benzene rings is 4. The molecule has 0 saturated heterocycles. The van der Waals surface area contributed by atoms with Gasteiger partial charge in [-0.25, -0.2) is 9.97 Å². The number of Topliss-reactive ketones (excluding diaryl/α,β-unsaturated/α-hetero) is 2. The number of carbonyl (C=O) groups is 2. The molecule has 0 saturated carbocycles. The van der Waals surface area contributed by atoms with E-state index in [1.165, 1.54) is 13.8 Å². The Balaban J connectivity index is 0.000000552. The van der Waals surface area contributed by atoms with Crippen molar-refractivity contribution in [2.24, 2.45) is 0 Å². The van der Waals surface area contributed by atoms with Gasteiger partial charge in [-0.3, -0.25) is 9.59 Å². The molecule has 0 spiro atoms. The Kier molecular flexibility index (Phi) is 11.8. The molecule has 0 aliphatic carbocycles. The van der Waals surface area contributed by atoms with Gasteiger partial charge in [-0.2, -0.15) is 0 Å². The number of fused-ring (bicyclic) bond motifs is 8. The number of nitrogens with zero attached hydrogens (tertiary/aromatic N) is 2. The molecule has 0 amide bonds. The summed E-state index contributed by atoms with van der Waals surface area (Å²) in [6.07, 6.45) is 8.63. The first-order chi connectivity index (χ1) is 26.9. The third-order valence-corrected chi connectivity index (χ3v) is 9.50. The van der Waals surface area contributed by atoms with E-state index in [0.717, 1.165) is 89.4 Å². The largest absolute Gasteiger partial charge is 3.00 e. The predicted octanol–water partition coefficient (Wildman–Crippen LogP) is 11.9. The van der Waals surface area contributed by atoms with Crippen LogP contribution in [0.4, 0.5) is 0 Å². The Labute approximate surface area is 355 Å². The molecule has 1 radical (unpaired) electrons. The van der Waals surface area contributed by atoms with Gasteiger partial charge in [0.25, 0.3) is 0 Å². The zero-order chi connectivity index (χ0) is 37.7. The van der Waals surface area contributed by atoms with Crippen molar-refractivity contribution in [3.63, 3.8) is 0 Å². The average molecular weight is 882 g/mol. The SMILES string of the molecule is C1=Cc2nc1c(-c1ccccc1)c1ccc([nH]1)c(-c1ccccc1)c1nc(c(-c3ccccc3)c3ccc([nH]3)c2-c2ccccc2)C=C1.CC(=O)CC(C)=O.[Er+3]. The van der Waals surface area contributed by atoms with Crippen molar-refractivity contribution < 1.29 is 46.9 Å². The number of aromatic nitrogens is 4. The summed E-state index contributed by atoms with van der Waals surface area (Å²) in [6.45, 7) is 2.81. The van der Waals surface area contributed by atoms with Gasteiger partial charge in [0, 0.05) is 44.3 Å². The minimum Gasteiger partial charge on any atom is -0.354 e. The zero-order valence-electron chi connectivity index (χ0n) is 30.9. The fourth-order valence-electron chi connectivity index (χ4n) is 7.19. The van der Waals surface area contributed by atoms with E-state index in [1.54, 1.807) is 0 Å². The smallest absolute Gasteiger partial charge is 0.354 e. The second kappa shape index (κ2) is 17.3. The van der Waals surface area contributed by atoms with Crippen LogP contribution in [0.3, 0.4) is 0 Å². The van der Waals surface area contributed by atoms with Crippen molar-refractivity contribution in [2.45, 2.75) is 20.3 Å². The third-order valence-electron chi connectivity index (χ3n) is 9.50. The summed E-state index contributed by atoms with van der Waals surface area (Å²) in [6, 6.07) is 50.7. The van der Waals surface area contributed by atoms with Crippen LogP contribution in [-0.2, 0) is 9.59 Å². The third kappa shape index (κ3) is 8.18. The van der Waals surface area contributed by atoms with E-state index >= 15 is 0 Å². The Hall–Kier alpha value is -5.93. The predicted molar refractivity (Wildman–Crippen MR) is 227 cm³/mol. The number of carbonyl (C=O) groups excluding carboxylic acids is 2. The average Bonchev–Trinajstić information content (AvgIpc) is 4.04. The van der Waals surface area contributed by atoms with Crippen molar-refractivity contribution in [2.75, 3.05) is 0 Å². The van der Waals surface area contributed by atoms with E-state index < -0.39 is 0 Å². The molecule has 56 heavy (non-hydrogen) atoms. The minimum absolute atomic E-state index is 0. The fraction of sp³-hybridized carbons (Fsp3) is 0.0612. The number of hydrogen-bond donors (Lipinski definition) is 2. The molecule has 2 N–H and O–H groups in total. The molecule has 7 aromatic rings. The van der Waals surface area contributed by atoms with E-state index in [1.807, 2.05) is 24.3 Å². The van der Waals surface area contributed by atoms with Gasteiger partial charge in [-0.15, -0.1) is 0 Å². The minimum atomic E-state index is -0.0625.